The molecule has 38 heavy (non-hydrogen) atoms. The first-order valence-electron chi connectivity index (χ1n) is 14.8. The summed E-state index contributed by atoms with van der Waals surface area (Å²) in [6, 6.07) is 13.8. The molecule has 0 N–H and O–H groups in total. The van der Waals surface area contributed by atoms with Gasteiger partial charge in [-0.3, -0.25) is 18.7 Å². The fourth-order valence-electron chi connectivity index (χ4n) is 5.74. The van der Waals surface area contributed by atoms with Crippen molar-refractivity contribution in [3.05, 3.63) is 47.5 Å². The maximum absolute atomic E-state index is 7.22. The van der Waals surface area contributed by atoms with Gasteiger partial charge in [0, 0.05) is 79.5 Å². The minimum Gasteiger partial charge on any atom is -0.455 e. The average Bonchev–Trinajstić information content (AvgIpc) is 2.93. The predicted octanol–water partition coefficient (Wildman–Crippen LogP) is 7.36. The normalized spacial score (nSPS) is 14.6. The van der Waals surface area contributed by atoms with Gasteiger partial charge >= 0.3 is 0 Å². The maximum Gasteiger partial charge on any atom is 0.141 e. The van der Waals surface area contributed by atoms with Crippen LogP contribution in [-0.4, -0.2) is 71.0 Å². The molecule has 0 bridgehead atoms. The van der Waals surface area contributed by atoms with Crippen molar-refractivity contribution >= 4 is 27.1 Å². The molecule has 0 fully saturated rings. The number of hydrogen-bond acceptors (Lipinski definition) is 5. The zero-order chi connectivity index (χ0) is 28.0. The van der Waals surface area contributed by atoms with E-state index in [0.29, 0.717) is 0 Å². The van der Waals surface area contributed by atoms with Crippen LogP contribution in [0.5, 0.6) is 11.5 Å². The molecular formula is C31H52N4OP2. The van der Waals surface area contributed by atoms with E-state index in [1.54, 1.807) is 0 Å². The Kier molecular flexibility index (Phi) is 11.6. The Morgan fingerprint density at radius 3 is 1.08 bits per heavy atom. The largest absolute Gasteiger partial charge is 0.455 e. The lowest BCUT2D eigenvalue weighted by atomic mass is 9.76. The molecule has 0 atom stereocenters. The Labute approximate surface area is 236 Å². The van der Waals surface area contributed by atoms with E-state index in [9.17, 15) is 0 Å². The summed E-state index contributed by atoms with van der Waals surface area (Å²) in [5.41, 5.74) is 2.47. The summed E-state index contributed by atoms with van der Waals surface area (Å²) in [5.74, 6) is 2.19. The molecule has 212 valence electrons. The van der Waals surface area contributed by atoms with Crippen LogP contribution in [0, 0.1) is 0 Å². The first kappa shape index (κ1) is 31.5. The summed E-state index contributed by atoms with van der Waals surface area (Å²) >= 11 is 0. The number of hydrogen-bond donors (Lipinski definition) is 0. The lowest BCUT2D eigenvalue weighted by Gasteiger charge is -2.43. The van der Waals surface area contributed by atoms with E-state index in [1.165, 1.54) is 21.7 Å². The van der Waals surface area contributed by atoms with E-state index in [2.05, 4.69) is 124 Å². The van der Waals surface area contributed by atoms with Crippen LogP contribution in [0.2, 0.25) is 0 Å². The zero-order valence-electron chi connectivity index (χ0n) is 25.7. The topological polar surface area (TPSA) is 22.2 Å². The fraction of sp³-hybridized carbons (Fsp3) is 0.613. The van der Waals surface area contributed by atoms with E-state index in [4.69, 9.17) is 4.74 Å². The van der Waals surface area contributed by atoms with Crippen molar-refractivity contribution < 1.29 is 4.74 Å². The second kappa shape index (κ2) is 14.0. The third-order valence-corrected chi connectivity index (χ3v) is 13.9. The van der Waals surface area contributed by atoms with Gasteiger partial charge in [-0.15, -0.1) is 0 Å². The number of fused-ring (bicyclic) bond motifs is 2. The van der Waals surface area contributed by atoms with Crippen LogP contribution in [0.25, 0.3) is 0 Å². The maximum atomic E-state index is 7.22. The van der Waals surface area contributed by atoms with Crippen LogP contribution < -0.4 is 15.3 Å². The SMILES string of the molecule is CCN(CC)P(c1cccc2c1Oc1c(P(N(CC)CC)N(CC)CC)cccc1C2(C)C)N(CC)CC. The molecule has 1 aliphatic rings. The Morgan fingerprint density at radius 2 is 0.816 bits per heavy atom. The van der Waals surface area contributed by atoms with Crippen LogP contribution >= 0.6 is 16.4 Å². The molecule has 2 aromatic carbocycles. The molecule has 0 saturated carbocycles. The molecule has 2 aromatic rings. The van der Waals surface area contributed by atoms with E-state index < -0.39 is 16.4 Å². The van der Waals surface area contributed by atoms with E-state index >= 15 is 0 Å². The van der Waals surface area contributed by atoms with E-state index in [1.807, 2.05) is 0 Å². The van der Waals surface area contributed by atoms with Crippen molar-refractivity contribution in [3.8, 4) is 11.5 Å². The third kappa shape index (κ3) is 5.85. The van der Waals surface area contributed by atoms with Gasteiger partial charge in [-0.1, -0.05) is 93.5 Å². The molecule has 0 saturated heterocycles. The summed E-state index contributed by atoms with van der Waals surface area (Å²) in [5, 5.41) is 2.71. The van der Waals surface area contributed by atoms with Crippen molar-refractivity contribution in [2.45, 2.75) is 74.7 Å². The number of para-hydroxylation sites is 2. The van der Waals surface area contributed by atoms with Crippen LogP contribution in [0.4, 0.5) is 0 Å². The third-order valence-electron chi connectivity index (χ3n) is 7.96. The number of nitrogens with zero attached hydrogens (tertiary/aromatic N) is 4. The summed E-state index contributed by atoms with van der Waals surface area (Å²) in [6.07, 6.45) is 0. The van der Waals surface area contributed by atoms with Crippen molar-refractivity contribution in [1.29, 1.82) is 0 Å². The highest BCUT2D eigenvalue weighted by molar-refractivity contribution is 7.61. The smallest absolute Gasteiger partial charge is 0.141 e. The standard InChI is InChI=1S/C31H52N4OP2/c1-11-32(12-2)37(33(13-3)14-4)27-23-19-21-25-29(27)36-30-26(31(25,9)10)22-20-24-28(30)38(34(15-5)16-6)35(17-7)18-8/h19-24H,11-18H2,1-10H3. The Balaban J connectivity index is 2.29. The summed E-state index contributed by atoms with van der Waals surface area (Å²) in [7, 11) is -1.33. The summed E-state index contributed by atoms with van der Waals surface area (Å²) in [6.45, 7) is 31.3. The lowest BCUT2D eigenvalue weighted by molar-refractivity contribution is 0.411. The van der Waals surface area contributed by atoms with Crippen LogP contribution in [0.1, 0.15) is 80.4 Å². The summed E-state index contributed by atoms with van der Waals surface area (Å²) < 4.78 is 17.8. The van der Waals surface area contributed by atoms with Crippen molar-refractivity contribution in [2.75, 3.05) is 52.4 Å². The van der Waals surface area contributed by atoms with Gasteiger partial charge in [0.25, 0.3) is 0 Å². The van der Waals surface area contributed by atoms with Gasteiger partial charge in [-0.25, -0.2) is 0 Å². The monoisotopic (exact) mass is 558 g/mol. The number of rotatable bonds is 14. The van der Waals surface area contributed by atoms with Gasteiger partial charge < -0.3 is 4.74 Å². The minimum atomic E-state index is -0.664. The van der Waals surface area contributed by atoms with E-state index in [0.717, 1.165) is 63.9 Å². The average molecular weight is 559 g/mol. The van der Waals surface area contributed by atoms with Gasteiger partial charge in [0.1, 0.15) is 11.5 Å². The van der Waals surface area contributed by atoms with Crippen LogP contribution in [-0.2, 0) is 5.41 Å². The molecule has 0 amide bonds. The lowest BCUT2D eigenvalue weighted by Crippen LogP contribution is -2.38. The van der Waals surface area contributed by atoms with Crippen molar-refractivity contribution in [2.24, 2.45) is 0 Å². The van der Waals surface area contributed by atoms with Gasteiger partial charge in [-0.2, -0.15) is 0 Å². The van der Waals surface area contributed by atoms with Gasteiger partial charge in [0.2, 0.25) is 0 Å². The quantitative estimate of drug-likeness (QED) is 0.225. The highest BCUT2D eigenvalue weighted by Crippen LogP contribution is 2.55. The van der Waals surface area contributed by atoms with Gasteiger partial charge in [0.15, 0.2) is 0 Å². The van der Waals surface area contributed by atoms with E-state index in [-0.39, 0.29) is 5.41 Å². The molecule has 0 radical (unpaired) electrons. The molecular weight excluding hydrogens is 506 g/mol. The van der Waals surface area contributed by atoms with Crippen molar-refractivity contribution in [1.82, 2.24) is 18.7 Å². The molecule has 0 aromatic heterocycles. The van der Waals surface area contributed by atoms with Crippen molar-refractivity contribution in [3.63, 3.8) is 0 Å². The zero-order valence-corrected chi connectivity index (χ0v) is 27.5. The highest BCUT2D eigenvalue weighted by atomic mass is 31.1. The first-order valence-corrected chi connectivity index (χ1v) is 17.3. The second-order valence-electron chi connectivity index (χ2n) is 10.2. The van der Waals surface area contributed by atoms with Crippen LogP contribution in [0.3, 0.4) is 0 Å². The van der Waals surface area contributed by atoms with Crippen LogP contribution in [0.15, 0.2) is 36.4 Å². The Morgan fingerprint density at radius 1 is 0.526 bits per heavy atom. The molecule has 1 aliphatic heterocycles. The number of ether oxygens (including phenoxy) is 1. The molecule has 7 heteroatoms. The Hall–Kier alpha value is -1.06. The first-order chi connectivity index (χ1) is 18.3. The molecule has 5 nitrogen and oxygen atoms in total. The molecule has 3 rings (SSSR count). The summed E-state index contributed by atoms with van der Waals surface area (Å²) in [4.78, 5) is 0. The Bertz CT molecular complexity index is 927. The molecule has 0 unspecified atom stereocenters. The fourth-order valence-corrected chi connectivity index (χ4v) is 11.0. The van der Waals surface area contributed by atoms with Gasteiger partial charge in [0.05, 0.1) is 16.4 Å². The molecule has 0 aliphatic carbocycles. The second-order valence-corrected chi connectivity index (χ2v) is 14.6. The number of benzene rings is 2. The van der Waals surface area contributed by atoms with Gasteiger partial charge in [-0.05, 0) is 12.1 Å². The molecule has 1 heterocycles. The predicted molar refractivity (Wildman–Crippen MR) is 170 cm³/mol. The highest BCUT2D eigenvalue weighted by Gasteiger charge is 2.41. The minimum absolute atomic E-state index is 0.143. The molecule has 0 spiro atoms.